The molecule has 0 bridgehead atoms. The summed E-state index contributed by atoms with van der Waals surface area (Å²) < 4.78 is 0. The van der Waals surface area contributed by atoms with E-state index in [0.717, 1.165) is 11.4 Å². The first-order valence-electron chi connectivity index (χ1n) is 4.32. The quantitative estimate of drug-likeness (QED) is 0.670. The van der Waals surface area contributed by atoms with Crippen LogP contribution in [0.4, 0.5) is 0 Å². The van der Waals surface area contributed by atoms with Gasteiger partial charge in [-0.3, -0.25) is 25.6 Å². The van der Waals surface area contributed by atoms with Gasteiger partial charge in [-0.15, -0.1) is 0 Å². The molecule has 1 aromatic rings. The van der Waals surface area contributed by atoms with Gasteiger partial charge in [0.05, 0.1) is 0 Å². The number of aromatic nitrogens is 1. The molecule has 2 rings (SSSR count). The number of hydrogen-bond donors (Lipinski definition) is 2. The van der Waals surface area contributed by atoms with Crippen LogP contribution in [0.15, 0.2) is 29.5 Å². The molecule has 1 aliphatic rings. The maximum absolute atomic E-state index is 10.8. The number of nitrogens with zero attached hydrogens (tertiary/aromatic N) is 2. The Bertz CT molecular complexity index is 360. The van der Waals surface area contributed by atoms with Crippen molar-refractivity contribution < 1.29 is 4.79 Å². The maximum atomic E-state index is 10.8. The van der Waals surface area contributed by atoms with Gasteiger partial charge in [0, 0.05) is 18.8 Å². The summed E-state index contributed by atoms with van der Waals surface area (Å²) in [5, 5.41) is 0. The van der Waals surface area contributed by atoms with Crippen molar-refractivity contribution in [2.45, 2.75) is 6.42 Å². The summed E-state index contributed by atoms with van der Waals surface area (Å²) in [6.45, 7) is 0.197. The Balaban J connectivity index is 2.02. The van der Waals surface area contributed by atoms with Crippen LogP contribution < -0.4 is 10.9 Å². The van der Waals surface area contributed by atoms with Crippen LogP contribution in [0.5, 0.6) is 0 Å². The highest BCUT2D eigenvalue weighted by Gasteiger charge is 2.09. The summed E-state index contributed by atoms with van der Waals surface area (Å²) in [4.78, 5) is 18.8. The SMILES string of the molecule is O=C1CN=C(Cc2cccnc2)NN1. The first kappa shape index (κ1) is 8.68. The molecule has 2 heterocycles. The third kappa shape index (κ3) is 2.07. The van der Waals surface area contributed by atoms with Crippen molar-refractivity contribution in [1.29, 1.82) is 0 Å². The molecule has 72 valence electrons. The van der Waals surface area contributed by atoms with Gasteiger partial charge in [0.1, 0.15) is 12.4 Å². The van der Waals surface area contributed by atoms with Crippen molar-refractivity contribution in [3.8, 4) is 0 Å². The summed E-state index contributed by atoms with van der Waals surface area (Å²) in [6.07, 6.45) is 4.16. The van der Waals surface area contributed by atoms with Gasteiger partial charge in [-0.05, 0) is 11.6 Å². The Morgan fingerprint density at radius 3 is 3.00 bits per heavy atom. The standard InChI is InChI=1S/C9H10N4O/c14-9-6-11-8(12-13-9)4-7-2-1-3-10-5-7/h1-3,5H,4,6H2,(H,11,12)(H,13,14). The molecular formula is C9H10N4O. The molecule has 0 atom stereocenters. The Morgan fingerprint density at radius 2 is 2.36 bits per heavy atom. The van der Waals surface area contributed by atoms with Crippen LogP contribution in [-0.2, 0) is 11.2 Å². The summed E-state index contributed by atoms with van der Waals surface area (Å²) in [5.74, 6) is 0.650. The Kier molecular flexibility index (Phi) is 2.40. The number of nitrogens with one attached hydrogen (secondary N) is 2. The highest BCUT2D eigenvalue weighted by atomic mass is 16.2. The minimum atomic E-state index is -0.111. The van der Waals surface area contributed by atoms with Crippen LogP contribution in [0.2, 0.25) is 0 Å². The highest BCUT2D eigenvalue weighted by Crippen LogP contribution is 1.98. The number of rotatable bonds is 2. The second kappa shape index (κ2) is 3.87. The molecule has 5 nitrogen and oxygen atoms in total. The van der Waals surface area contributed by atoms with Crippen LogP contribution in [0, 0.1) is 0 Å². The molecule has 1 aromatic heterocycles. The Hall–Kier alpha value is -1.91. The van der Waals surface area contributed by atoms with Crippen LogP contribution in [0.25, 0.3) is 0 Å². The highest BCUT2D eigenvalue weighted by molar-refractivity contribution is 5.92. The van der Waals surface area contributed by atoms with E-state index in [0.29, 0.717) is 6.42 Å². The lowest BCUT2D eigenvalue weighted by Gasteiger charge is -2.15. The topological polar surface area (TPSA) is 66.4 Å². The second-order valence-electron chi connectivity index (χ2n) is 2.97. The smallest absolute Gasteiger partial charge is 0.260 e. The number of amidine groups is 1. The Labute approximate surface area is 81.2 Å². The van der Waals surface area contributed by atoms with Gasteiger partial charge in [-0.2, -0.15) is 0 Å². The van der Waals surface area contributed by atoms with Gasteiger partial charge in [-0.1, -0.05) is 6.07 Å². The molecule has 0 spiro atoms. The molecule has 0 unspecified atom stereocenters. The van der Waals surface area contributed by atoms with Crippen LogP contribution >= 0.6 is 0 Å². The van der Waals surface area contributed by atoms with Crippen molar-refractivity contribution in [3.63, 3.8) is 0 Å². The number of carbonyl (C=O) groups excluding carboxylic acids is 1. The fraction of sp³-hybridized carbons (Fsp3) is 0.222. The summed E-state index contributed by atoms with van der Waals surface area (Å²) in [5.41, 5.74) is 6.32. The number of hydrazine groups is 1. The lowest BCUT2D eigenvalue weighted by molar-refractivity contribution is -0.120. The van der Waals surface area contributed by atoms with Crippen molar-refractivity contribution in [2.75, 3.05) is 6.54 Å². The van der Waals surface area contributed by atoms with Gasteiger partial charge >= 0.3 is 0 Å². The monoisotopic (exact) mass is 190 g/mol. The first-order chi connectivity index (χ1) is 6.84. The van der Waals surface area contributed by atoms with E-state index in [2.05, 4.69) is 20.8 Å². The van der Waals surface area contributed by atoms with Crippen LogP contribution in [0.1, 0.15) is 5.56 Å². The molecule has 0 aromatic carbocycles. The van der Waals surface area contributed by atoms with Crippen molar-refractivity contribution in [3.05, 3.63) is 30.1 Å². The van der Waals surface area contributed by atoms with Crippen LogP contribution in [0.3, 0.4) is 0 Å². The number of carbonyl (C=O) groups is 1. The molecule has 0 saturated heterocycles. The predicted molar refractivity (Wildman–Crippen MR) is 51.5 cm³/mol. The van der Waals surface area contributed by atoms with Gasteiger partial charge < -0.3 is 0 Å². The number of aliphatic imine (C=N–C) groups is 1. The zero-order valence-electron chi connectivity index (χ0n) is 7.53. The maximum Gasteiger partial charge on any atom is 0.260 e. The molecular weight excluding hydrogens is 180 g/mol. The van der Waals surface area contributed by atoms with Gasteiger partial charge in [0.15, 0.2) is 0 Å². The third-order valence-corrected chi connectivity index (χ3v) is 1.85. The van der Waals surface area contributed by atoms with Gasteiger partial charge in [0.2, 0.25) is 0 Å². The number of pyridine rings is 1. The zero-order valence-corrected chi connectivity index (χ0v) is 7.53. The molecule has 1 aliphatic heterocycles. The minimum Gasteiger partial charge on any atom is -0.285 e. The van der Waals surface area contributed by atoms with Gasteiger partial charge in [0.25, 0.3) is 5.91 Å². The molecule has 0 aliphatic carbocycles. The average molecular weight is 190 g/mol. The van der Waals surface area contributed by atoms with E-state index in [4.69, 9.17) is 0 Å². The van der Waals surface area contributed by atoms with E-state index in [1.165, 1.54) is 0 Å². The predicted octanol–water partition coefficient (Wildman–Crippen LogP) is -0.343. The van der Waals surface area contributed by atoms with E-state index in [-0.39, 0.29) is 12.5 Å². The molecule has 0 fully saturated rings. The van der Waals surface area contributed by atoms with Crippen molar-refractivity contribution >= 4 is 11.7 Å². The second-order valence-corrected chi connectivity index (χ2v) is 2.97. The van der Waals surface area contributed by atoms with Crippen LogP contribution in [-0.4, -0.2) is 23.3 Å². The molecule has 2 N–H and O–H groups in total. The van der Waals surface area contributed by atoms with E-state index >= 15 is 0 Å². The van der Waals surface area contributed by atoms with Crippen molar-refractivity contribution in [1.82, 2.24) is 15.8 Å². The Morgan fingerprint density at radius 1 is 1.43 bits per heavy atom. The number of amides is 1. The fourth-order valence-electron chi connectivity index (χ4n) is 1.18. The van der Waals surface area contributed by atoms with E-state index in [9.17, 15) is 4.79 Å². The lowest BCUT2D eigenvalue weighted by Crippen LogP contribution is -2.47. The summed E-state index contributed by atoms with van der Waals surface area (Å²) >= 11 is 0. The summed E-state index contributed by atoms with van der Waals surface area (Å²) in [6, 6.07) is 3.84. The third-order valence-electron chi connectivity index (χ3n) is 1.85. The fourth-order valence-corrected chi connectivity index (χ4v) is 1.18. The van der Waals surface area contributed by atoms with E-state index < -0.39 is 0 Å². The van der Waals surface area contributed by atoms with E-state index in [1.807, 2.05) is 12.1 Å². The molecule has 0 saturated carbocycles. The average Bonchev–Trinajstić information content (AvgIpc) is 2.23. The molecule has 14 heavy (non-hydrogen) atoms. The molecule has 5 heteroatoms. The first-order valence-corrected chi connectivity index (χ1v) is 4.32. The molecule has 1 amide bonds. The minimum absolute atomic E-state index is 0.111. The largest absolute Gasteiger partial charge is 0.285 e. The zero-order chi connectivity index (χ0) is 9.80. The lowest BCUT2D eigenvalue weighted by atomic mass is 10.2. The van der Waals surface area contributed by atoms with Gasteiger partial charge in [-0.25, -0.2) is 0 Å². The normalized spacial score (nSPS) is 15.4. The number of hydrogen-bond acceptors (Lipinski definition) is 4. The van der Waals surface area contributed by atoms with E-state index in [1.54, 1.807) is 12.4 Å². The van der Waals surface area contributed by atoms with Crippen molar-refractivity contribution in [2.24, 2.45) is 4.99 Å². The molecule has 0 radical (unpaired) electrons. The summed E-state index contributed by atoms with van der Waals surface area (Å²) in [7, 11) is 0.